The van der Waals surface area contributed by atoms with Crippen LogP contribution in [0.5, 0.6) is 5.75 Å². The van der Waals surface area contributed by atoms with E-state index in [0.717, 1.165) is 49.8 Å². The third-order valence-corrected chi connectivity index (χ3v) is 5.90. The first-order valence-corrected chi connectivity index (χ1v) is 12.9. The Morgan fingerprint density at radius 3 is 2.18 bits per heavy atom. The highest BCUT2D eigenvalue weighted by Gasteiger charge is 2.30. The van der Waals surface area contributed by atoms with Crippen LogP contribution in [-0.2, 0) is 22.1 Å². The first-order chi connectivity index (χ1) is 18.1. The summed E-state index contributed by atoms with van der Waals surface area (Å²) >= 11 is 0. The lowest BCUT2D eigenvalue weighted by atomic mass is 10.1. The van der Waals surface area contributed by atoms with Crippen molar-refractivity contribution in [1.82, 2.24) is 4.90 Å². The number of benzene rings is 2. The highest BCUT2D eigenvalue weighted by Crippen LogP contribution is 2.29. The van der Waals surface area contributed by atoms with E-state index < -0.39 is 29.8 Å². The van der Waals surface area contributed by atoms with Crippen LogP contribution in [0.3, 0.4) is 0 Å². The number of alkyl halides is 3. The first-order valence-electron chi connectivity index (χ1n) is 12.9. The molecular formula is C28H37F3N2O5. The summed E-state index contributed by atoms with van der Waals surface area (Å²) < 4.78 is 49.5. The van der Waals surface area contributed by atoms with Crippen molar-refractivity contribution in [2.75, 3.05) is 31.6 Å². The molecule has 2 aromatic rings. The Labute approximate surface area is 221 Å². The lowest BCUT2D eigenvalue weighted by Crippen LogP contribution is -2.38. The SMILES string of the molecule is CCCCCCCN(CCOc1ccc(CC(OCC)C(=O)O)cc1)C(=O)Nc1ccc(C(F)(F)F)cc1. The molecule has 0 heterocycles. The summed E-state index contributed by atoms with van der Waals surface area (Å²) in [6, 6.07) is 10.9. The summed E-state index contributed by atoms with van der Waals surface area (Å²) in [6.45, 7) is 5.16. The van der Waals surface area contributed by atoms with Gasteiger partial charge in [-0.15, -0.1) is 0 Å². The van der Waals surface area contributed by atoms with Crippen LogP contribution in [0.4, 0.5) is 23.7 Å². The summed E-state index contributed by atoms with van der Waals surface area (Å²) in [5.41, 5.74) is 0.295. The Kier molecular flexibility index (Phi) is 12.9. The van der Waals surface area contributed by atoms with Crippen LogP contribution < -0.4 is 10.1 Å². The maximum atomic E-state index is 12.9. The second kappa shape index (κ2) is 15.9. The summed E-state index contributed by atoms with van der Waals surface area (Å²) in [5, 5.41) is 11.9. The molecule has 7 nitrogen and oxygen atoms in total. The van der Waals surface area contributed by atoms with Gasteiger partial charge in [0, 0.05) is 25.3 Å². The molecule has 1 unspecified atom stereocenters. The molecule has 210 valence electrons. The molecule has 0 fully saturated rings. The average Bonchev–Trinajstić information content (AvgIpc) is 2.88. The zero-order valence-electron chi connectivity index (χ0n) is 21.9. The monoisotopic (exact) mass is 538 g/mol. The van der Waals surface area contributed by atoms with Gasteiger partial charge in [-0.3, -0.25) is 0 Å². The van der Waals surface area contributed by atoms with E-state index in [-0.39, 0.29) is 25.3 Å². The van der Waals surface area contributed by atoms with Crippen LogP contribution in [0, 0.1) is 0 Å². The second-order valence-corrected chi connectivity index (χ2v) is 8.89. The van der Waals surface area contributed by atoms with Gasteiger partial charge < -0.3 is 24.8 Å². The number of hydrogen-bond acceptors (Lipinski definition) is 4. The number of carbonyl (C=O) groups is 2. The normalized spacial score (nSPS) is 12.1. The summed E-state index contributed by atoms with van der Waals surface area (Å²) in [7, 11) is 0. The lowest BCUT2D eigenvalue weighted by molar-refractivity contribution is -0.150. The summed E-state index contributed by atoms with van der Waals surface area (Å²) in [5.74, 6) is -0.445. The standard InChI is InChI=1S/C28H37F3N2O5/c1-3-5-6-7-8-17-33(27(36)32-23-13-11-22(12-14-23)28(29,30)31)18-19-38-24-15-9-21(10-16-24)20-25(26(34)35)37-4-2/h9-16,25H,3-8,17-20H2,1-2H3,(H,32,36)(H,34,35). The number of rotatable bonds is 16. The maximum Gasteiger partial charge on any atom is 0.416 e. The van der Waals surface area contributed by atoms with Crippen molar-refractivity contribution < 1.29 is 37.3 Å². The van der Waals surface area contributed by atoms with Crippen molar-refractivity contribution in [3.8, 4) is 5.75 Å². The van der Waals surface area contributed by atoms with Gasteiger partial charge in [0.05, 0.1) is 12.1 Å². The van der Waals surface area contributed by atoms with Crippen LogP contribution in [-0.4, -0.2) is 54.4 Å². The van der Waals surface area contributed by atoms with Crippen molar-refractivity contribution in [3.63, 3.8) is 0 Å². The number of unbranched alkanes of at least 4 members (excludes halogenated alkanes) is 4. The fraction of sp³-hybridized carbons (Fsp3) is 0.500. The van der Waals surface area contributed by atoms with Crippen molar-refractivity contribution >= 4 is 17.7 Å². The number of carboxylic acid groups (broad SMARTS) is 1. The molecule has 2 amide bonds. The molecule has 0 radical (unpaired) electrons. The fourth-order valence-electron chi connectivity index (χ4n) is 3.79. The van der Waals surface area contributed by atoms with E-state index in [9.17, 15) is 27.9 Å². The first kappa shape index (κ1) is 31.0. The number of carboxylic acids is 1. The molecule has 2 aromatic carbocycles. The third-order valence-electron chi connectivity index (χ3n) is 5.90. The van der Waals surface area contributed by atoms with Gasteiger partial charge in [-0.25, -0.2) is 9.59 Å². The number of nitrogens with zero attached hydrogens (tertiary/aromatic N) is 1. The van der Waals surface area contributed by atoms with Crippen LogP contribution >= 0.6 is 0 Å². The Morgan fingerprint density at radius 1 is 0.947 bits per heavy atom. The number of halogens is 3. The molecule has 0 aliphatic rings. The molecule has 2 N–H and O–H groups in total. The minimum Gasteiger partial charge on any atom is -0.492 e. The van der Waals surface area contributed by atoms with E-state index in [2.05, 4.69) is 12.2 Å². The molecule has 1 atom stereocenters. The minimum absolute atomic E-state index is 0.214. The zero-order chi connectivity index (χ0) is 28.0. The Bertz CT molecular complexity index is 981. The number of carbonyl (C=O) groups excluding carboxylic acids is 1. The molecule has 0 saturated carbocycles. The maximum absolute atomic E-state index is 12.9. The number of amides is 2. The number of aliphatic carboxylic acids is 1. The number of ether oxygens (including phenoxy) is 2. The number of anilines is 1. The van der Waals surface area contributed by atoms with E-state index in [1.54, 1.807) is 36.1 Å². The van der Waals surface area contributed by atoms with E-state index in [1.165, 1.54) is 12.1 Å². The van der Waals surface area contributed by atoms with Gasteiger partial charge in [0.25, 0.3) is 0 Å². The van der Waals surface area contributed by atoms with Gasteiger partial charge in [0.15, 0.2) is 6.10 Å². The smallest absolute Gasteiger partial charge is 0.416 e. The summed E-state index contributed by atoms with van der Waals surface area (Å²) in [4.78, 5) is 25.8. The van der Waals surface area contributed by atoms with Crippen molar-refractivity contribution in [1.29, 1.82) is 0 Å². The molecule has 0 aromatic heterocycles. The predicted molar refractivity (Wildman–Crippen MR) is 139 cm³/mol. The number of nitrogens with one attached hydrogen (secondary N) is 1. The Hall–Kier alpha value is -3.27. The molecule has 10 heteroatoms. The highest BCUT2D eigenvalue weighted by molar-refractivity contribution is 5.89. The van der Waals surface area contributed by atoms with Crippen LogP contribution in [0.1, 0.15) is 57.1 Å². The van der Waals surface area contributed by atoms with Crippen molar-refractivity contribution in [2.24, 2.45) is 0 Å². The Balaban J connectivity index is 1.94. The van der Waals surface area contributed by atoms with Gasteiger partial charge in [-0.1, -0.05) is 44.7 Å². The van der Waals surface area contributed by atoms with Crippen LogP contribution in [0.2, 0.25) is 0 Å². The van der Waals surface area contributed by atoms with E-state index in [1.807, 2.05) is 0 Å². The molecule has 0 saturated heterocycles. The average molecular weight is 539 g/mol. The molecule has 0 aliphatic heterocycles. The molecule has 0 aliphatic carbocycles. The van der Waals surface area contributed by atoms with Crippen molar-refractivity contribution in [2.45, 2.75) is 64.7 Å². The molecule has 2 rings (SSSR count). The van der Waals surface area contributed by atoms with Crippen LogP contribution in [0.15, 0.2) is 48.5 Å². The number of hydrogen-bond donors (Lipinski definition) is 2. The minimum atomic E-state index is -4.44. The van der Waals surface area contributed by atoms with Gasteiger partial charge in [0.2, 0.25) is 0 Å². The zero-order valence-corrected chi connectivity index (χ0v) is 21.9. The topological polar surface area (TPSA) is 88.1 Å². The molecule has 0 spiro atoms. The van der Waals surface area contributed by atoms with Crippen molar-refractivity contribution in [3.05, 3.63) is 59.7 Å². The van der Waals surface area contributed by atoms with E-state index in [0.29, 0.717) is 18.9 Å². The fourth-order valence-corrected chi connectivity index (χ4v) is 3.79. The molecule has 38 heavy (non-hydrogen) atoms. The molecular weight excluding hydrogens is 501 g/mol. The van der Waals surface area contributed by atoms with Crippen LogP contribution in [0.25, 0.3) is 0 Å². The summed E-state index contributed by atoms with van der Waals surface area (Å²) in [6.07, 6.45) is -0.0508. The van der Waals surface area contributed by atoms with Gasteiger partial charge in [-0.05, 0) is 55.3 Å². The second-order valence-electron chi connectivity index (χ2n) is 8.89. The largest absolute Gasteiger partial charge is 0.492 e. The van der Waals surface area contributed by atoms with Gasteiger partial charge in [-0.2, -0.15) is 13.2 Å². The van der Waals surface area contributed by atoms with E-state index >= 15 is 0 Å². The predicted octanol–water partition coefficient (Wildman–Crippen LogP) is 6.62. The van der Waals surface area contributed by atoms with Gasteiger partial charge in [0.1, 0.15) is 12.4 Å². The van der Waals surface area contributed by atoms with Gasteiger partial charge >= 0.3 is 18.2 Å². The van der Waals surface area contributed by atoms with E-state index in [4.69, 9.17) is 9.47 Å². The number of urea groups is 1. The third kappa shape index (κ3) is 11.0. The molecule has 0 bridgehead atoms. The quantitative estimate of drug-likeness (QED) is 0.235. The Morgan fingerprint density at radius 2 is 1.61 bits per heavy atom. The highest BCUT2D eigenvalue weighted by atomic mass is 19.4. The lowest BCUT2D eigenvalue weighted by Gasteiger charge is -2.23.